The first-order valence-corrected chi connectivity index (χ1v) is 22.7. The van der Waals surface area contributed by atoms with E-state index in [0.717, 1.165) is 72.7 Å². The average Bonchev–Trinajstić information content (AvgIpc) is 4.25. The van der Waals surface area contributed by atoms with Crippen molar-refractivity contribution in [3.8, 4) is 33.8 Å². The fourth-order valence-corrected chi connectivity index (χ4v) is 6.94. The summed E-state index contributed by atoms with van der Waals surface area (Å²) >= 11 is 0. The normalized spacial score (nSPS) is 10.9. The number of carbonyl (C=O) groups excluding carboxylic acids is 3. The fraction of sp³-hybridized carbons (Fsp3) is 0.0741. The van der Waals surface area contributed by atoms with E-state index in [0.29, 0.717) is 19.6 Å². The number of amides is 3. The average molecular weight is 992 g/mol. The van der Waals surface area contributed by atoms with Crippen LogP contribution in [0.5, 0.6) is 0 Å². The highest BCUT2D eigenvalue weighted by atomic mass is 16.5. The molecule has 0 saturated carbocycles. The van der Waals surface area contributed by atoms with Crippen molar-refractivity contribution in [1.82, 2.24) is 66.4 Å². The molecule has 4 aromatic heterocycles. The number of hydrogen-bond donors (Lipinski definition) is 7. The van der Waals surface area contributed by atoms with Crippen LogP contribution in [0.4, 0.5) is 0 Å². The molecule has 5 aromatic carbocycles. The van der Waals surface area contributed by atoms with Gasteiger partial charge in [-0.3, -0.25) is 35.0 Å². The molecule has 0 aliphatic rings. The molecule has 0 bridgehead atoms. The van der Waals surface area contributed by atoms with Crippen molar-refractivity contribution in [3.63, 3.8) is 0 Å². The lowest BCUT2D eigenvalue weighted by molar-refractivity contribution is -0.124. The van der Waals surface area contributed by atoms with E-state index < -0.39 is 17.7 Å². The number of hydrogen-bond acceptors (Lipinski definition) is 14. The molecular formula is C54H49N13O7. The highest BCUT2D eigenvalue weighted by Gasteiger charge is 2.08. The van der Waals surface area contributed by atoms with E-state index in [9.17, 15) is 14.4 Å². The van der Waals surface area contributed by atoms with Crippen LogP contribution in [-0.4, -0.2) is 88.4 Å². The zero-order valence-corrected chi connectivity index (χ0v) is 39.4. The van der Waals surface area contributed by atoms with Gasteiger partial charge in [-0.05, 0) is 81.4 Å². The molecule has 0 aliphatic carbocycles. The van der Waals surface area contributed by atoms with Crippen LogP contribution in [0.25, 0.3) is 52.0 Å². The number of aromatic nitrogens is 10. The van der Waals surface area contributed by atoms with Gasteiger partial charge in [-0.1, -0.05) is 131 Å². The van der Waals surface area contributed by atoms with E-state index in [1.54, 1.807) is 61.1 Å². The van der Waals surface area contributed by atoms with Gasteiger partial charge in [0.05, 0.1) is 44.8 Å². The van der Waals surface area contributed by atoms with Crippen LogP contribution in [0.2, 0.25) is 0 Å². The SMILES string of the molecule is O=C(/C=C/c1ccc(Cn2cc(-c3ccc(CO)cc3)nn2)cc1)NO.O=C(/C=C/c1cccc(Cn2cc(-c3ccccc3)nn2)c1)NO.O=C(/C=C/c1cccc(Cn2cc(-c3cccnc3)nn2)c1)NO. The minimum Gasteiger partial charge on any atom is -0.392 e. The Morgan fingerprint density at radius 1 is 0.446 bits per heavy atom. The Bertz CT molecular complexity index is 3170. The molecule has 0 aliphatic heterocycles. The van der Waals surface area contributed by atoms with E-state index in [-0.39, 0.29) is 6.61 Å². The van der Waals surface area contributed by atoms with Crippen molar-refractivity contribution in [1.29, 1.82) is 0 Å². The molecule has 20 nitrogen and oxygen atoms in total. The van der Waals surface area contributed by atoms with Gasteiger partial charge in [-0.2, -0.15) is 0 Å². The Kier molecular flexibility index (Phi) is 18.9. The van der Waals surface area contributed by atoms with Crippen LogP contribution < -0.4 is 16.4 Å². The Hall–Kier alpha value is -9.86. The van der Waals surface area contributed by atoms with Crippen molar-refractivity contribution in [2.24, 2.45) is 0 Å². The van der Waals surface area contributed by atoms with Crippen LogP contribution >= 0.6 is 0 Å². The minimum absolute atomic E-state index is 0.0167. The molecule has 0 saturated heterocycles. The van der Waals surface area contributed by atoms with Crippen molar-refractivity contribution in [3.05, 3.63) is 228 Å². The summed E-state index contributed by atoms with van der Waals surface area (Å²) in [5.41, 5.74) is 16.4. The maximum atomic E-state index is 11.0. The summed E-state index contributed by atoms with van der Waals surface area (Å²) in [6.07, 6.45) is 17.7. The summed E-state index contributed by atoms with van der Waals surface area (Å²) < 4.78 is 5.26. The van der Waals surface area contributed by atoms with Gasteiger partial charge in [-0.25, -0.2) is 30.5 Å². The molecule has 3 amide bonds. The van der Waals surface area contributed by atoms with Crippen LogP contribution in [-0.2, 0) is 40.6 Å². The van der Waals surface area contributed by atoms with E-state index in [1.807, 2.05) is 158 Å². The summed E-state index contributed by atoms with van der Waals surface area (Å²) in [5.74, 6) is -1.71. The Balaban J connectivity index is 0.000000162. The van der Waals surface area contributed by atoms with Crippen LogP contribution in [0, 0.1) is 0 Å². The number of benzene rings is 5. The van der Waals surface area contributed by atoms with Gasteiger partial charge in [0.15, 0.2) is 0 Å². The third kappa shape index (κ3) is 16.1. The first kappa shape index (κ1) is 52.0. The topological polar surface area (TPSA) is 273 Å². The summed E-state index contributed by atoms with van der Waals surface area (Å²) in [7, 11) is 0. The predicted molar refractivity (Wildman–Crippen MR) is 274 cm³/mol. The van der Waals surface area contributed by atoms with Crippen LogP contribution in [0.3, 0.4) is 0 Å². The lowest BCUT2D eigenvalue weighted by atomic mass is 10.1. The standard InChI is InChI=1S/C19H18N4O3.C18H16N4O2.C17H15N5O2/c24-13-16-5-8-17(9-6-16)18-12-23(22-20-18)11-15-3-1-14(2-4-15)7-10-19(25)21-26;23-18(20-24)10-9-14-5-4-6-15(11-14)12-22-13-17(19-21-22)16-7-2-1-3-8-16;23-17(20-24)7-6-13-3-1-4-14(9-13)11-22-12-16(19-21-22)15-5-2-8-18-10-15/h1-10,12,24,26H,11,13H2,(H,21,25);1-11,13,24H,12H2,(H,20,23);1-10,12,24H,11H2,(H,20,23)/b10-7+;10-9+;7-6+. The van der Waals surface area contributed by atoms with Gasteiger partial charge in [0.1, 0.15) is 17.1 Å². The van der Waals surface area contributed by atoms with Crippen LogP contribution in [0.15, 0.2) is 189 Å². The van der Waals surface area contributed by atoms with Gasteiger partial charge in [0.25, 0.3) is 17.7 Å². The number of carbonyl (C=O) groups is 3. The summed E-state index contributed by atoms with van der Waals surface area (Å²) in [4.78, 5) is 37.1. The largest absolute Gasteiger partial charge is 0.392 e. The second-order valence-electron chi connectivity index (χ2n) is 16.0. The number of aliphatic hydroxyl groups excluding tert-OH is 1. The number of hydroxylamine groups is 3. The maximum absolute atomic E-state index is 11.0. The zero-order valence-electron chi connectivity index (χ0n) is 39.4. The van der Waals surface area contributed by atoms with Crippen LogP contribution in [0.1, 0.15) is 38.9 Å². The second kappa shape index (κ2) is 26.9. The Labute approximate surface area is 423 Å². The molecule has 4 heterocycles. The molecule has 20 heteroatoms. The van der Waals surface area contributed by atoms with Crippen molar-refractivity contribution in [2.45, 2.75) is 26.2 Å². The number of nitrogens with zero attached hydrogens (tertiary/aromatic N) is 10. The van der Waals surface area contributed by atoms with E-state index in [4.69, 9.17) is 20.7 Å². The zero-order chi connectivity index (χ0) is 51.9. The molecule has 9 aromatic rings. The first-order valence-electron chi connectivity index (χ1n) is 22.7. The third-order valence-corrected chi connectivity index (χ3v) is 10.6. The molecule has 9 rings (SSSR count). The molecule has 0 spiro atoms. The molecule has 0 atom stereocenters. The summed E-state index contributed by atoms with van der Waals surface area (Å²) in [6.45, 7) is 1.72. The van der Waals surface area contributed by atoms with Gasteiger partial charge >= 0.3 is 0 Å². The van der Waals surface area contributed by atoms with E-state index in [1.165, 1.54) is 18.2 Å². The van der Waals surface area contributed by atoms with Crippen molar-refractivity contribution in [2.75, 3.05) is 0 Å². The first-order chi connectivity index (χ1) is 36.2. The number of rotatable bonds is 16. The highest BCUT2D eigenvalue weighted by molar-refractivity contribution is 5.91. The van der Waals surface area contributed by atoms with Gasteiger partial charge < -0.3 is 5.11 Å². The smallest absolute Gasteiger partial charge is 0.267 e. The lowest BCUT2D eigenvalue weighted by Crippen LogP contribution is -2.14. The van der Waals surface area contributed by atoms with E-state index in [2.05, 4.69) is 35.9 Å². The molecule has 0 radical (unpaired) electrons. The van der Waals surface area contributed by atoms with Gasteiger partial charge in [0, 0.05) is 47.3 Å². The summed E-state index contributed by atoms with van der Waals surface area (Å²) in [6, 6.07) is 44.2. The van der Waals surface area contributed by atoms with Crippen molar-refractivity contribution < 1.29 is 35.1 Å². The highest BCUT2D eigenvalue weighted by Crippen LogP contribution is 2.19. The second-order valence-corrected chi connectivity index (χ2v) is 16.0. The molecule has 372 valence electrons. The Morgan fingerprint density at radius 2 is 0.878 bits per heavy atom. The molecule has 74 heavy (non-hydrogen) atoms. The van der Waals surface area contributed by atoms with Crippen molar-refractivity contribution >= 4 is 35.9 Å². The fourth-order valence-electron chi connectivity index (χ4n) is 6.94. The molecule has 0 fully saturated rings. The predicted octanol–water partition coefficient (Wildman–Crippen LogP) is 6.42. The quantitative estimate of drug-likeness (QED) is 0.0313. The summed E-state index contributed by atoms with van der Waals surface area (Å²) in [5, 5.41) is 59.5. The monoisotopic (exact) mass is 991 g/mol. The van der Waals surface area contributed by atoms with Gasteiger partial charge in [0.2, 0.25) is 0 Å². The molecule has 0 unspecified atom stereocenters. The number of pyridine rings is 1. The Morgan fingerprint density at radius 3 is 1.34 bits per heavy atom. The van der Waals surface area contributed by atoms with Gasteiger partial charge in [-0.15, -0.1) is 15.3 Å². The minimum atomic E-state index is -0.573. The third-order valence-electron chi connectivity index (χ3n) is 10.6. The molecular weight excluding hydrogens is 943 g/mol. The lowest BCUT2D eigenvalue weighted by Gasteiger charge is -2.02. The number of aliphatic hydroxyl groups is 1. The number of nitrogens with one attached hydrogen (secondary N) is 3. The van der Waals surface area contributed by atoms with E-state index >= 15 is 0 Å². The maximum Gasteiger partial charge on any atom is 0.267 e. The molecule has 7 N–H and O–H groups in total.